The van der Waals surface area contributed by atoms with E-state index in [1.807, 2.05) is 17.8 Å². The van der Waals surface area contributed by atoms with E-state index in [0.29, 0.717) is 18.7 Å². The van der Waals surface area contributed by atoms with Crippen LogP contribution in [0.1, 0.15) is 10.4 Å². The van der Waals surface area contributed by atoms with Gasteiger partial charge in [0.05, 0.1) is 18.3 Å². The number of rotatable bonds is 4. The second kappa shape index (κ2) is 4.61. The quantitative estimate of drug-likeness (QED) is 0.790. The molecule has 0 aliphatic rings. The number of carbonyl (C=O) groups excluding carboxylic acids is 1. The average Bonchev–Trinajstić information content (AvgIpc) is 2.89. The van der Waals surface area contributed by atoms with Gasteiger partial charge in [-0.2, -0.15) is 0 Å². The van der Waals surface area contributed by atoms with Gasteiger partial charge in [0.15, 0.2) is 0 Å². The van der Waals surface area contributed by atoms with Crippen LogP contribution >= 0.6 is 0 Å². The lowest BCUT2D eigenvalue weighted by atomic mass is 10.3. The van der Waals surface area contributed by atoms with E-state index in [2.05, 4.69) is 15.6 Å². The highest BCUT2D eigenvalue weighted by molar-refractivity contribution is 5.93. The molecule has 2 rings (SSSR count). The van der Waals surface area contributed by atoms with Crippen LogP contribution in [0.25, 0.3) is 0 Å². The molecular weight excluding hydrogens is 206 g/mol. The van der Waals surface area contributed by atoms with Gasteiger partial charge in [0.1, 0.15) is 0 Å². The molecule has 0 aliphatic heterocycles. The number of aryl methyl sites for hydroxylation is 1. The van der Waals surface area contributed by atoms with Gasteiger partial charge in [-0.1, -0.05) is 5.21 Å². The van der Waals surface area contributed by atoms with Crippen molar-refractivity contribution in [2.75, 3.05) is 6.54 Å². The maximum atomic E-state index is 11.6. The molecular formula is C10H13N5O. The van der Waals surface area contributed by atoms with Crippen molar-refractivity contribution in [1.82, 2.24) is 24.9 Å². The van der Waals surface area contributed by atoms with Crippen LogP contribution < -0.4 is 5.32 Å². The summed E-state index contributed by atoms with van der Waals surface area (Å²) in [6, 6.07) is 1.78. The van der Waals surface area contributed by atoms with Crippen LogP contribution in [0.2, 0.25) is 0 Å². The van der Waals surface area contributed by atoms with E-state index in [4.69, 9.17) is 0 Å². The fraction of sp³-hybridized carbons (Fsp3) is 0.300. The molecule has 0 atom stereocenters. The Balaban J connectivity index is 1.80. The summed E-state index contributed by atoms with van der Waals surface area (Å²) in [5.74, 6) is -0.0688. The topological polar surface area (TPSA) is 64.7 Å². The zero-order valence-electron chi connectivity index (χ0n) is 9.00. The summed E-state index contributed by atoms with van der Waals surface area (Å²) in [5.41, 5.74) is 0.668. The number of nitrogens with one attached hydrogen (secondary N) is 1. The smallest absolute Gasteiger partial charge is 0.252 e. The summed E-state index contributed by atoms with van der Waals surface area (Å²) in [6.45, 7) is 1.16. The summed E-state index contributed by atoms with van der Waals surface area (Å²) in [4.78, 5) is 11.6. The van der Waals surface area contributed by atoms with Crippen molar-refractivity contribution in [3.8, 4) is 0 Å². The van der Waals surface area contributed by atoms with Crippen LogP contribution in [0, 0.1) is 0 Å². The number of hydrogen-bond acceptors (Lipinski definition) is 3. The molecule has 0 aliphatic carbocycles. The fourth-order valence-corrected chi connectivity index (χ4v) is 1.38. The highest BCUT2D eigenvalue weighted by Crippen LogP contribution is 1.98. The van der Waals surface area contributed by atoms with E-state index in [0.717, 1.165) is 0 Å². The Hall–Kier alpha value is -2.11. The minimum atomic E-state index is -0.0688. The van der Waals surface area contributed by atoms with Gasteiger partial charge in [0.2, 0.25) is 0 Å². The molecule has 2 aromatic rings. The molecule has 6 heteroatoms. The van der Waals surface area contributed by atoms with Crippen molar-refractivity contribution >= 4 is 5.91 Å². The van der Waals surface area contributed by atoms with Crippen molar-refractivity contribution in [2.45, 2.75) is 6.54 Å². The number of hydrogen-bond donors (Lipinski definition) is 1. The third kappa shape index (κ3) is 2.47. The number of carbonyl (C=O) groups is 1. The second-order valence-corrected chi connectivity index (χ2v) is 3.49. The Bertz CT molecular complexity index is 459. The second-order valence-electron chi connectivity index (χ2n) is 3.49. The van der Waals surface area contributed by atoms with Crippen LogP contribution in [-0.2, 0) is 13.6 Å². The van der Waals surface area contributed by atoms with Crippen LogP contribution in [0.3, 0.4) is 0 Å². The first kappa shape index (κ1) is 10.4. The Kier molecular flexibility index (Phi) is 3.00. The number of nitrogens with zero attached hydrogens (tertiary/aromatic N) is 4. The molecule has 6 nitrogen and oxygen atoms in total. The SMILES string of the molecule is Cn1ccc(C(=O)NCCn2ccnn2)c1. The first-order chi connectivity index (χ1) is 7.75. The highest BCUT2D eigenvalue weighted by atomic mass is 16.1. The predicted octanol–water partition coefficient (Wildman–Crippen LogP) is 0.0466. The summed E-state index contributed by atoms with van der Waals surface area (Å²) in [6.07, 6.45) is 6.99. The normalized spacial score (nSPS) is 10.3. The Morgan fingerprint density at radius 2 is 2.38 bits per heavy atom. The number of aromatic nitrogens is 4. The lowest BCUT2D eigenvalue weighted by Crippen LogP contribution is -2.27. The summed E-state index contributed by atoms with van der Waals surface area (Å²) in [7, 11) is 1.88. The monoisotopic (exact) mass is 219 g/mol. The standard InChI is InChI=1S/C10H13N5O/c1-14-5-2-9(8-14)10(16)11-3-6-15-7-4-12-13-15/h2,4-5,7-8H,3,6H2,1H3,(H,11,16). The molecule has 2 aromatic heterocycles. The molecule has 1 amide bonds. The van der Waals surface area contributed by atoms with E-state index in [1.54, 1.807) is 29.3 Å². The maximum Gasteiger partial charge on any atom is 0.252 e. The molecule has 0 saturated heterocycles. The molecule has 0 saturated carbocycles. The lowest BCUT2D eigenvalue weighted by molar-refractivity contribution is 0.0952. The third-order valence-electron chi connectivity index (χ3n) is 2.19. The van der Waals surface area contributed by atoms with Gasteiger partial charge >= 0.3 is 0 Å². The van der Waals surface area contributed by atoms with Crippen molar-refractivity contribution in [2.24, 2.45) is 7.05 Å². The fourth-order valence-electron chi connectivity index (χ4n) is 1.38. The molecule has 0 fully saturated rings. The van der Waals surface area contributed by atoms with E-state index < -0.39 is 0 Å². The Morgan fingerprint density at radius 1 is 1.50 bits per heavy atom. The molecule has 0 bridgehead atoms. The molecule has 1 N–H and O–H groups in total. The van der Waals surface area contributed by atoms with Crippen LogP contribution in [0.4, 0.5) is 0 Å². The van der Waals surface area contributed by atoms with Crippen LogP contribution in [-0.4, -0.2) is 32.0 Å². The van der Waals surface area contributed by atoms with E-state index in [9.17, 15) is 4.79 Å². The lowest BCUT2D eigenvalue weighted by Gasteiger charge is -2.03. The zero-order valence-corrected chi connectivity index (χ0v) is 9.00. The summed E-state index contributed by atoms with van der Waals surface area (Å²) < 4.78 is 3.51. The molecule has 0 radical (unpaired) electrons. The van der Waals surface area contributed by atoms with Gasteiger partial charge in [-0.15, -0.1) is 5.10 Å². The average molecular weight is 219 g/mol. The highest BCUT2D eigenvalue weighted by Gasteiger charge is 2.05. The van der Waals surface area contributed by atoms with E-state index >= 15 is 0 Å². The van der Waals surface area contributed by atoms with E-state index in [-0.39, 0.29) is 5.91 Å². The maximum absolute atomic E-state index is 11.6. The molecule has 84 valence electrons. The van der Waals surface area contributed by atoms with E-state index in [1.165, 1.54) is 0 Å². The van der Waals surface area contributed by atoms with Gasteiger partial charge in [-0.25, -0.2) is 0 Å². The third-order valence-corrected chi connectivity index (χ3v) is 2.19. The molecule has 0 unspecified atom stereocenters. The summed E-state index contributed by atoms with van der Waals surface area (Å²) >= 11 is 0. The molecule has 16 heavy (non-hydrogen) atoms. The first-order valence-corrected chi connectivity index (χ1v) is 5.00. The minimum absolute atomic E-state index is 0.0688. The minimum Gasteiger partial charge on any atom is -0.356 e. The zero-order chi connectivity index (χ0) is 11.4. The van der Waals surface area contributed by atoms with Crippen molar-refractivity contribution in [3.63, 3.8) is 0 Å². The van der Waals surface area contributed by atoms with Crippen molar-refractivity contribution < 1.29 is 4.79 Å². The summed E-state index contributed by atoms with van der Waals surface area (Å²) in [5, 5.41) is 10.3. The Labute approximate surface area is 92.9 Å². The van der Waals surface area contributed by atoms with Crippen LogP contribution in [0.5, 0.6) is 0 Å². The van der Waals surface area contributed by atoms with Crippen molar-refractivity contribution in [1.29, 1.82) is 0 Å². The Morgan fingerprint density at radius 3 is 3.00 bits per heavy atom. The van der Waals surface area contributed by atoms with Gasteiger partial charge < -0.3 is 9.88 Å². The predicted molar refractivity (Wildman–Crippen MR) is 57.8 cm³/mol. The molecule has 2 heterocycles. The van der Waals surface area contributed by atoms with Gasteiger partial charge in [0, 0.05) is 32.2 Å². The largest absolute Gasteiger partial charge is 0.356 e. The number of amides is 1. The van der Waals surface area contributed by atoms with Gasteiger partial charge in [-0.05, 0) is 6.07 Å². The first-order valence-electron chi connectivity index (χ1n) is 5.00. The van der Waals surface area contributed by atoms with Gasteiger partial charge in [-0.3, -0.25) is 9.48 Å². The molecule has 0 spiro atoms. The van der Waals surface area contributed by atoms with Crippen LogP contribution in [0.15, 0.2) is 30.9 Å². The van der Waals surface area contributed by atoms with Crippen molar-refractivity contribution in [3.05, 3.63) is 36.4 Å². The van der Waals surface area contributed by atoms with Gasteiger partial charge in [0.25, 0.3) is 5.91 Å². The molecule has 0 aromatic carbocycles.